The Balaban J connectivity index is 2.03. The summed E-state index contributed by atoms with van der Waals surface area (Å²) in [6.45, 7) is 10.1. The molecule has 1 saturated carbocycles. The molecular formula is C20H32N2O4. The molecule has 0 unspecified atom stereocenters. The van der Waals surface area contributed by atoms with Crippen molar-refractivity contribution in [2.24, 2.45) is 5.92 Å². The molecule has 0 saturated heterocycles. The van der Waals surface area contributed by atoms with E-state index in [0.717, 1.165) is 31.4 Å². The number of anilines is 1. The molecule has 0 bridgehead atoms. The molecule has 2 atom stereocenters. The molecule has 6 heteroatoms. The fraction of sp³-hybridized carbons (Fsp3) is 0.700. The average Bonchev–Trinajstić information content (AvgIpc) is 2.61. The number of carbonyl (C=O) groups is 1. The number of amides is 1. The predicted octanol–water partition coefficient (Wildman–Crippen LogP) is 3.73. The number of aromatic nitrogens is 1. The second-order valence-electron chi connectivity index (χ2n) is 6.91. The summed E-state index contributed by atoms with van der Waals surface area (Å²) in [6.07, 6.45) is 3.69. The molecule has 1 aliphatic rings. The summed E-state index contributed by atoms with van der Waals surface area (Å²) >= 11 is 0. The molecule has 26 heavy (non-hydrogen) atoms. The quantitative estimate of drug-likeness (QED) is 0.676. The number of rotatable bonds is 9. The lowest BCUT2D eigenvalue weighted by Gasteiger charge is -2.38. The molecule has 1 aliphatic carbocycles. The van der Waals surface area contributed by atoms with Gasteiger partial charge < -0.3 is 19.5 Å². The molecular weight excluding hydrogens is 332 g/mol. The van der Waals surface area contributed by atoms with Crippen molar-refractivity contribution in [2.75, 3.05) is 31.7 Å². The van der Waals surface area contributed by atoms with Crippen molar-refractivity contribution in [3.05, 3.63) is 17.8 Å². The highest BCUT2D eigenvalue weighted by molar-refractivity contribution is 5.97. The van der Waals surface area contributed by atoms with Crippen LogP contribution < -0.4 is 10.1 Å². The van der Waals surface area contributed by atoms with Gasteiger partial charge in [-0.1, -0.05) is 13.3 Å². The topological polar surface area (TPSA) is 69.7 Å². The molecule has 1 N–H and O–H groups in total. The Hall–Kier alpha value is -1.66. The maximum Gasteiger partial charge on any atom is 0.256 e. The lowest BCUT2D eigenvalue weighted by molar-refractivity contribution is -0.147. The summed E-state index contributed by atoms with van der Waals surface area (Å²) in [5.74, 6) is 0.952. The third-order valence-corrected chi connectivity index (χ3v) is 4.78. The zero-order valence-electron chi connectivity index (χ0n) is 16.5. The second-order valence-corrected chi connectivity index (χ2v) is 6.91. The number of nitrogens with one attached hydrogen (secondary N) is 1. The summed E-state index contributed by atoms with van der Waals surface area (Å²) in [5, 5.41) is 3.02. The smallest absolute Gasteiger partial charge is 0.256 e. The van der Waals surface area contributed by atoms with Crippen molar-refractivity contribution in [2.45, 2.75) is 59.0 Å². The summed E-state index contributed by atoms with van der Waals surface area (Å²) in [7, 11) is 0. The second kappa shape index (κ2) is 9.88. The molecule has 0 spiro atoms. The molecule has 0 radical (unpaired) electrons. The molecule has 1 heterocycles. The first kappa shape index (κ1) is 20.6. The van der Waals surface area contributed by atoms with Crippen LogP contribution in [0.1, 0.15) is 52.1 Å². The number of nitrogens with zero attached hydrogens (tertiary/aromatic N) is 1. The minimum absolute atomic E-state index is 0.0687. The zero-order valence-corrected chi connectivity index (χ0v) is 16.5. The van der Waals surface area contributed by atoms with Crippen LogP contribution in [0, 0.1) is 12.8 Å². The van der Waals surface area contributed by atoms with E-state index in [1.165, 1.54) is 0 Å². The number of pyridine rings is 1. The fourth-order valence-electron chi connectivity index (χ4n) is 3.52. The maximum atomic E-state index is 13.0. The van der Waals surface area contributed by atoms with E-state index in [1.54, 1.807) is 6.07 Å². The molecule has 2 rings (SSSR count). The van der Waals surface area contributed by atoms with Gasteiger partial charge in [-0.05, 0) is 52.0 Å². The number of carbonyl (C=O) groups excluding carboxylic acids is 1. The summed E-state index contributed by atoms with van der Waals surface area (Å²) < 4.78 is 16.8. The summed E-state index contributed by atoms with van der Waals surface area (Å²) in [5.41, 5.74) is 0.693. The van der Waals surface area contributed by atoms with Crippen molar-refractivity contribution in [3.8, 4) is 5.88 Å². The third kappa shape index (κ3) is 5.42. The third-order valence-electron chi connectivity index (χ3n) is 4.78. The standard InChI is InChI=1S/C20H32N2O4/c1-5-24-12-13-25-18-10-9-17(16(4)21-18)22-19(23)20(26-6-2)11-7-8-15(3)14-20/h9-10,15H,5-8,11-14H2,1-4H3,(H,22,23)/t15-,20+/m1/s1. The predicted molar refractivity (Wildman–Crippen MR) is 102 cm³/mol. The highest BCUT2D eigenvalue weighted by Gasteiger charge is 2.42. The number of hydrogen-bond acceptors (Lipinski definition) is 5. The minimum Gasteiger partial charge on any atom is -0.475 e. The average molecular weight is 364 g/mol. The van der Waals surface area contributed by atoms with Crippen LogP contribution in [0.5, 0.6) is 5.88 Å². The van der Waals surface area contributed by atoms with Crippen LogP contribution >= 0.6 is 0 Å². The van der Waals surface area contributed by atoms with Gasteiger partial charge in [0.2, 0.25) is 5.88 Å². The Kier molecular flexibility index (Phi) is 7.85. The largest absolute Gasteiger partial charge is 0.475 e. The molecule has 0 aliphatic heterocycles. The van der Waals surface area contributed by atoms with Gasteiger partial charge in [-0.2, -0.15) is 0 Å². The zero-order chi connectivity index (χ0) is 19.0. The normalized spacial score (nSPS) is 22.8. The van der Waals surface area contributed by atoms with E-state index in [-0.39, 0.29) is 5.91 Å². The highest BCUT2D eigenvalue weighted by Crippen LogP contribution is 2.36. The lowest BCUT2D eigenvalue weighted by Crippen LogP contribution is -2.48. The Labute approximate surface area is 156 Å². The van der Waals surface area contributed by atoms with Crippen LogP contribution in [-0.4, -0.2) is 42.9 Å². The van der Waals surface area contributed by atoms with E-state index in [9.17, 15) is 4.79 Å². The van der Waals surface area contributed by atoms with E-state index in [0.29, 0.717) is 43.9 Å². The molecule has 1 fully saturated rings. The van der Waals surface area contributed by atoms with E-state index in [4.69, 9.17) is 14.2 Å². The van der Waals surface area contributed by atoms with Crippen molar-refractivity contribution in [1.29, 1.82) is 0 Å². The van der Waals surface area contributed by atoms with Crippen LogP contribution in [0.4, 0.5) is 5.69 Å². The first-order valence-corrected chi connectivity index (χ1v) is 9.64. The molecule has 6 nitrogen and oxygen atoms in total. The van der Waals surface area contributed by atoms with Gasteiger partial charge in [0.15, 0.2) is 0 Å². The maximum absolute atomic E-state index is 13.0. The monoisotopic (exact) mass is 364 g/mol. The van der Waals surface area contributed by atoms with Crippen LogP contribution in [0.25, 0.3) is 0 Å². The van der Waals surface area contributed by atoms with Crippen molar-refractivity contribution in [1.82, 2.24) is 4.98 Å². The Bertz CT molecular complexity index is 589. The number of ether oxygens (including phenoxy) is 3. The van der Waals surface area contributed by atoms with Gasteiger partial charge in [0.1, 0.15) is 12.2 Å². The first-order valence-electron chi connectivity index (χ1n) is 9.64. The van der Waals surface area contributed by atoms with Gasteiger partial charge >= 0.3 is 0 Å². The van der Waals surface area contributed by atoms with Crippen molar-refractivity contribution < 1.29 is 19.0 Å². The number of aryl methyl sites for hydroxylation is 1. The van der Waals surface area contributed by atoms with Gasteiger partial charge in [0.25, 0.3) is 5.91 Å². The molecule has 146 valence electrons. The van der Waals surface area contributed by atoms with Gasteiger partial charge in [-0.15, -0.1) is 0 Å². The molecule has 1 aromatic rings. The summed E-state index contributed by atoms with van der Waals surface area (Å²) in [4.78, 5) is 17.4. The Morgan fingerprint density at radius 3 is 2.77 bits per heavy atom. The van der Waals surface area contributed by atoms with Crippen molar-refractivity contribution in [3.63, 3.8) is 0 Å². The van der Waals surface area contributed by atoms with E-state index >= 15 is 0 Å². The first-order chi connectivity index (χ1) is 12.5. The lowest BCUT2D eigenvalue weighted by atomic mass is 9.78. The fourth-order valence-corrected chi connectivity index (χ4v) is 3.52. The van der Waals surface area contributed by atoms with Crippen LogP contribution in [0.3, 0.4) is 0 Å². The summed E-state index contributed by atoms with van der Waals surface area (Å²) in [6, 6.07) is 3.60. The van der Waals surface area contributed by atoms with Crippen LogP contribution in [0.2, 0.25) is 0 Å². The van der Waals surface area contributed by atoms with Gasteiger partial charge in [-0.25, -0.2) is 4.98 Å². The van der Waals surface area contributed by atoms with Crippen LogP contribution in [0.15, 0.2) is 12.1 Å². The minimum atomic E-state index is -0.731. The van der Waals surface area contributed by atoms with E-state index in [1.807, 2.05) is 26.8 Å². The van der Waals surface area contributed by atoms with E-state index in [2.05, 4.69) is 17.2 Å². The highest BCUT2D eigenvalue weighted by atomic mass is 16.5. The molecule has 0 aromatic carbocycles. The van der Waals surface area contributed by atoms with Gasteiger partial charge in [-0.3, -0.25) is 4.79 Å². The van der Waals surface area contributed by atoms with Crippen LogP contribution in [-0.2, 0) is 14.3 Å². The Morgan fingerprint density at radius 1 is 1.31 bits per heavy atom. The van der Waals surface area contributed by atoms with Crippen molar-refractivity contribution >= 4 is 11.6 Å². The molecule has 1 amide bonds. The van der Waals surface area contributed by atoms with Gasteiger partial charge in [0, 0.05) is 19.3 Å². The number of hydrogen-bond donors (Lipinski definition) is 1. The Morgan fingerprint density at radius 2 is 2.12 bits per heavy atom. The SMILES string of the molecule is CCOCCOc1ccc(NC(=O)[C@]2(OCC)CCC[C@@H](C)C2)c(C)n1. The molecule has 1 aromatic heterocycles. The van der Waals surface area contributed by atoms with Gasteiger partial charge in [0.05, 0.1) is 18.0 Å². The van der Waals surface area contributed by atoms with E-state index < -0.39 is 5.60 Å².